The van der Waals surface area contributed by atoms with Crippen molar-refractivity contribution in [2.45, 2.75) is 32.2 Å². The highest BCUT2D eigenvalue weighted by atomic mass is 16.3. The van der Waals surface area contributed by atoms with Crippen LogP contribution in [0.1, 0.15) is 26.2 Å². The average molecular weight is 253 g/mol. The van der Waals surface area contributed by atoms with Crippen molar-refractivity contribution in [1.29, 1.82) is 5.26 Å². The third-order valence-corrected chi connectivity index (χ3v) is 3.78. The molecule has 1 rings (SSSR count). The van der Waals surface area contributed by atoms with Gasteiger partial charge in [-0.3, -0.25) is 9.69 Å². The van der Waals surface area contributed by atoms with Gasteiger partial charge in [-0.1, -0.05) is 6.92 Å². The minimum atomic E-state index is 0.0708. The second-order valence-corrected chi connectivity index (χ2v) is 5.03. The van der Waals surface area contributed by atoms with Crippen LogP contribution in [0, 0.1) is 17.2 Å². The van der Waals surface area contributed by atoms with Crippen molar-refractivity contribution in [3.8, 4) is 6.07 Å². The zero-order valence-electron chi connectivity index (χ0n) is 11.3. The fraction of sp³-hybridized carbons (Fsp3) is 0.846. The molecule has 1 aliphatic rings. The first-order chi connectivity index (χ1) is 8.60. The predicted octanol–water partition coefficient (Wildman–Crippen LogP) is 0.451. The first-order valence-corrected chi connectivity index (χ1v) is 6.56. The highest BCUT2D eigenvalue weighted by molar-refractivity contribution is 5.76. The summed E-state index contributed by atoms with van der Waals surface area (Å²) in [6.45, 7) is 4.46. The van der Waals surface area contributed by atoms with Crippen LogP contribution in [0.2, 0.25) is 0 Å². The van der Waals surface area contributed by atoms with Crippen molar-refractivity contribution in [2.24, 2.45) is 5.92 Å². The first kappa shape index (κ1) is 14.9. The maximum atomic E-state index is 11.8. The molecule has 2 atom stereocenters. The molecule has 5 nitrogen and oxygen atoms in total. The third kappa shape index (κ3) is 3.97. The van der Waals surface area contributed by atoms with Crippen molar-refractivity contribution in [3.05, 3.63) is 0 Å². The van der Waals surface area contributed by atoms with Crippen molar-refractivity contribution in [3.63, 3.8) is 0 Å². The molecule has 5 heteroatoms. The lowest BCUT2D eigenvalue weighted by Crippen LogP contribution is -2.38. The van der Waals surface area contributed by atoms with Crippen LogP contribution in [0.25, 0.3) is 0 Å². The van der Waals surface area contributed by atoms with Gasteiger partial charge in [0, 0.05) is 32.6 Å². The van der Waals surface area contributed by atoms with E-state index in [0.29, 0.717) is 31.8 Å². The SMILES string of the molecule is CC1CCN(CCC(=O)N(C)CCC#N)C1CO. The highest BCUT2D eigenvalue weighted by Gasteiger charge is 2.30. The Balaban J connectivity index is 2.32. The van der Waals surface area contributed by atoms with Gasteiger partial charge in [-0.2, -0.15) is 5.26 Å². The number of likely N-dealkylation sites (tertiary alicyclic amines) is 1. The maximum absolute atomic E-state index is 11.8. The number of aliphatic hydroxyl groups excluding tert-OH is 1. The Kier molecular flexibility index (Phi) is 6.10. The largest absolute Gasteiger partial charge is 0.395 e. The normalized spacial score (nSPS) is 23.9. The molecular formula is C13H23N3O2. The lowest BCUT2D eigenvalue weighted by atomic mass is 10.0. The Labute approximate surface area is 109 Å². The smallest absolute Gasteiger partial charge is 0.223 e. The van der Waals surface area contributed by atoms with Gasteiger partial charge in [-0.05, 0) is 18.9 Å². The fourth-order valence-corrected chi connectivity index (χ4v) is 2.43. The van der Waals surface area contributed by atoms with Crippen LogP contribution in [0.5, 0.6) is 0 Å². The van der Waals surface area contributed by atoms with Crippen LogP contribution in [0.15, 0.2) is 0 Å². The summed E-state index contributed by atoms with van der Waals surface area (Å²) in [5, 5.41) is 17.8. The zero-order chi connectivity index (χ0) is 13.5. The van der Waals surface area contributed by atoms with Crippen LogP contribution < -0.4 is 0 Å². The first-order valence-electron chi connectivity index (χ1n) is 6.56. The molecule has 0 aromatic carbocycles. The summed E-state index contributed by atoms with van der Waals surface area (Å²) in [6.07, 6.45) is 1.93. The molecule has 0 spiro atoms. The lowest BCUT2D eigenvalue weighted by Gasteiger charge is -2.25. The summed E-state index contributed by atoms with van der Waals surface area (Å²) in [7, 11) is 1.73. The molecule has 0 aromatic rings. The number of amides is 1. The number of nitriles is 1. The lowest BCUT2D eigenvalue weighted by molar-refractivity contribution is -0.130. The molecule has 18 heavy (non-hydrogen) atoms. The zero-order valence-corrected chi connectivity index (χ0v) is 11.3. The van der Waals surface area contributed by atoms with Crippen LogP contribution >= 0.6 is 0 Å². The Hall–Kier alpha value is -1.12. The molecule has 1 aliphatic heterocycles. The number of hydrogen-bond donors (Lipinski definition) is 1. The quantitative estimate of drug-likeness (QED) is 0.746. The highest BCUT2D eigenvalue weighted by Crippen LogP contribution is 2.23. The van der Waals surface area contributed by atoms with Gasteiger partial charge < -0.3 is 10.0 Å². The van der Waals surface area contributed by atoms with Gasteiger partial charge in [0.25, 0.3) is 0 Å². The van der Waals surface area contributed by atoms with Crippen LogP contribution in [-0.2, 0) is 4.79 Å². The molecule has 0 saturated carbocycles. The van der Waals surface area contributed by atoms with E-state index in [-0.39, 0.29) is 18.6 Å². The van der Waals surface area contributed by atoms with Gasteiger partial charge in [0.2, 0.25) is 5.91 Å². The molecule has 1 fully saturated rings. The molecular weight excluding hydrogens is 230 g/mol. The second-order valence-electron chi connectivity index (χ2n) is 5.03. The molecule has 0 bridgehead atoms. The molecule has 1 N–H and O–H groups in total. The van der Waals surface area contributed by atoms with E-state index < -0.39 is 0 Å². The van der Waals surface area contributed by atoms with Crippen molar-refractivity contribution < 1.29 is 9.90 Å². The molecule has 0 aliphatic carbocycles. The number of carbonyl (C=O) groups excluding carboxylic acids is 1. The third-order valence-electron chi connectivity index (χ3n) is 3.78. The average Bonchev–Trinajstić information content (AvgIpc) is 2.73. The van der Waals surface area contributed by atoms with E-state index in [4.69, 9.17) is 5.26 Å². The Bertz CT molecular complexity index is 314. The topological polar surface area (TPSA) is 67.6 Å². The van der Waals surface area contributed by atoms with E-state index in [1.54, 1.807) is 11.9 Å². The Morgan fingerprint density at radius 1 is 1.61 bits per heavy atom. The van der Waals surface area contributed by atoms with Gasteiger partial charge >= 0.3 is 0 Å². The molecule has 0 radical (unpaired) electrons. The summed E-state index contributed by atoms with van der Waals surface area (Å²) in [5.41, 5.74) is 0. The maximum Gasteiger partial charge on any atom is 0.223 e. The van der Waals surface area contributed by atoms with E-state index in [0.717, 1.165) is 13.0 Å². The summed E-state index contributed by atoms with van der Waals surface area (Å²) < 4.78 is 0. The monoisotopic (exact) mass is 253 g/mol. The predicted molar refractivity (Wildman–Crippen MR) is 68.7 cm³/mol. The van der Waals surface area contributed by atoms with E-state index in [1.165, 1.54) is 0 Å². The summed E-state index contributed by atoms with van der Waals surface area (Å²) in [5.74, 6) is 0.572. The molecule has 102 valence electrons. The fourth-order valence-electron chi connectivity index (χ4n) is 2.43. The number of carbonyl (C=O) groups is 1. The van der Waals surface area contributed by atoms with Crippen LogP contribution in [0.3, 0.4) is 0 Å². The van der Waals surface area contributed by atoms with E-state index in [1.807, 2.05) is 6.07 Å². The van der Waals surface area contributed by atoms with Crippen LogP contribution in [-0.4, -0.2) is 60.1 Å². The Morgan fingerprint density at radius 3 is 2.94 bits per heavy atom. The summed E-state index contributed by atoms with van der Waals surface area (Å²) in [4.78, 5) is 15.6. The summed E-state index contributed by atoms with van der Waals surface area (Å²) >= 11 is 0. The van der Waals surface area contributed by atoms with Gasteiger partial charge in [-0.15, -0.1) is 0 Å². The number of nitrogens with zero attached hydrogens (tertiary/aromatic N) is 3. The number of rotatable bonds is 6. The molecule has 1 amide bonds. The van der Waals surface area contributed by atoms with Gasteiger partial charge in [0.15, 0.2) is 0 Å². The minimum Gasteiger partial charge on any atom is -0.395 e. The van der Waals surface area contributed by atoms with Crippen molar-refractivity contribution >= 4 is 5.91 Å². The number of hydrogen-bond acceptors (Lipinski definition) is 4. The van der Waals surface area contributed by atoms with E-state index in [2.05, 4.69) is 11.8 Å². The number of aliphatic hydroxyl groups is 1. The molecule has 1 heterocycles. The standard InChI is InChI=1S/C13H23N3O2/c1-11-4-8-16(12(11)10-17)9-5-13(18)15(2)7-3-6-14/h11-12,17H,3-5,7-10H2,1-2H3. The molecule has 1 saturated heterocycles. The molecule has 2 unspecified atom stereocenters. The Morgan fingerprint density at radius 2 is 2.33 bits per heavy atom. The van der Waals surface area contributed by atoms with E-state index in [9.17, 15) is 9.90 Å². The second kappa shape index (κ2) is 7.34. The van der Waals surface area contributed by atoms with Gasteiger partial charge in [0.05, 0.1) is 19.1 Å². The molecule has 0 aromatic heterocycles. The van der Waals surface area contributed by atoms with Crippen molar-refractivity contribution in [1.82, 2.24) is 9.80 Å². The minimum absolute atomic E-state index is 0.0708. The van der Waals surface area contributed by atoms with Gasteiger partial charge in [0.1, 0.15) is 0 Å². The van der Waals surface area contributed by atoms with Crippen molar-refractivity contribution in [2.75, 3.05) is 33.3 Å². The van der Waals surface area contributed by atoms with E-state index >= 15 is 0 Å². The summed E-state index contributed by atoms with van der Waals surface area (Å²) in [6, 6.07) is 2.23. The van der Waals surface area contributed by atoms with Gasteiger partial charge in [-0.25, -0.2) is 0 Å². The van der Waals surface area contributed by atoms with Crippen LogP contribution in [0.4, 0.5) is 0 Å².